The van der Waals surface area contributed by atoms with Crippen LogP contribution in [0.1, 0.15) is 19.8 Å². The first-order valence-electron chi connectivity index (χ1n) is 9.86. The number of benzene rings is 1. The van der Waals surface area contributed by atoms with Gasteiger partial charge in [-0.25, -0.2) is 14.5 Å². The van der Waals surface area contributed by atoms with Crippen LogP contribution in [0, 0.1) is 0 Å². The molecule has 1 aliphatic rings. The molecule has 3 heterocycles. The number of ether oxygens (including phenoxy) is 2. The van der Waals surface area contributed by atoms with Crippen LogP contribution in [0.5, 0.6) is 5.75 Å². The van der Waals surface area contributed by atoms with Crippen molar-refractivity contribution in [3.05, 3.63) is 40.7 Å². The van der Waals surface area contributed by atoms with Crippen molar-refractivity contribution in [2.75, 3.05) is 25.5 Å². The summed E-state index contributed by atoms with van der Waals surface area (Å²) in [6, 6.07) is 8.83. The first-order chi connectivity index (χ1) is 14.6. The molecule has 0 radical (unpaired) electrons. The van der Waals surface area contributed by atoms with Gasteiger partial charge in [-0.05, 0) is 44.0 Å². The molecule has 0 unspecified atom stereocenters. The first-order valence-corrected chi connectivity index (χ1v) is 10.8. The van der Waals surface area contributed by atoms with Crippen LogP contribution in [-0.4, -0.2) is 57.1 Å². The molecule has 2 N–H and O–H groups in total. The van der Waals surface area contributed by atoms with Gasteiger partial charge in [0.2, 0.25) is 5.91 Å². The highest BCUT2D eigenvalue weighted by Gasteiger charge is 2.17. The number of amides is 1. The summed E-state index contributed by atoms with van der Waals surface area (Å²) in [5.41, 5.74) is 0.957. The molecular formula is C20H23N5O4S. The van der Waals surface area contributed by atoms with Gasteiger partial charge in [0.15, 0.2) is 16.6 Å². The number of aromatic nitrogens is 4. The quantitative estimate of drug-likeness (QED) is 0.526. The second-order valence-corrected chi connectivity index (χ2v) is 7.77. The molecule has 158 valence electrons. The third kappa shape index (κ3) is 4.82. The molecule has 2 aromatic heterocycles. The number of hydrogen-bond acceptors (Lipinski definition) is 7. The van der Waals surface area contributed by atoms with Gasteiger partial charge in [0.05, 0.1) is 18.5 Å². The summed E-state index contributed by atoms with van der Waals surface area (Å²) in [5.74, 6) is 1.29. The molecule has 0 saturated carbocycles. The number of carbonyl (C=O) groups excluding carboxylic acids is 1. The zero-order valence-electron chi connectivity index (χ0n) is 16.6. The van der Waals surface area contributed by atoms with E-state index in [0.29, 0.717) is 29.8 Å². The molecule has 9 nitrogen and oxygen atoms in total. The fourth-order valence-electron chi connectivity index (χ4n) is 3.19. The Kier molecular flexibility index (Phi) is 6.34. The van der Waals surface area contributed by atoms with Gasteiger partial charge in [-0.1, -0.05) is 11.8 Å². The van der Waals surface area contributed by atoms with Crippen molar-refractivity contribution in [3.63, 3.8) is 0 Å². The summed E-state index contributed by atoms with van der Waals surface area (Å²) in [4.78, 5) is 33.1. The number of hydrogen-bond donors (Lipinski definition) is 2. The molecule has 1 aromatic carbocycles. The van der Waals surface area contributed by atoms with Crippen LogP contribution in [0.15, 0.2) is 40.3 Å². The Hall–Kier alpha value is -2.85. The Labute approximate surface area is 177 Å². The maximum Gasteiger partial charge on any atom is 0.266 e. The van der Waals surface area contributed by atoms with Crippen molar-refractivity contribution in [1.29, 1.82) is 0 Å². The molecule has 1 saturated heterocycles. The average Bonchev–Trinajstić information content (AvgIpc) is 3.40. The molecule has 30 heavy (non-hydrogen) atoms. The zero-order valence-corrected chi connectivity index (χ0v) is 17.4. The first kappa shape index (κ1) is 20.4. The maximum atomic E-state index is 12.2. The van der Waals surface area contributed by atoms with Crippen molar-refractivity contribution in [2.24, 2.45) is 0 Å². The highest BCUT2D eigenvalue weighted by Crippen LogP contribution is 2.23. The van der Waals surface area contributed by atoms with Gasteiger partial charge in [0.25, 0.3) is 5.56 Å². The zero-order chi connectivity index (χ0) is 20.9. The lowest BCUT2D eigenvalue weighted by Gasteiger charge is -2.11. The summed E-state index contributed by atoms with van der Waals surface area (Å²) in [5, 5.41) is 6.05. The number of nitrogens with zero attached hydrogens (tertiary/aromatic N) is 3. The monoisotopic (exact) mass is 429 g/mol. The molecule has 1 atom stereocenters. The van der Waals surface area contributed by atoms with E-state index in [0.717, 1.165) is 30.8 Å². The summed E-state index contributed by atoms with van der Waals surface area (Å²) in [6.45, 7) is 3.78. The lowest BCUT2D eigenvalue weighted by atomic mass is 10.2. The Morgan fingerprint density at radius 2 is 2.20 bits per heavy atom. The second-order valence-electron chi connectivity index (χ2n) is 6.83. The van der Waals surface area contributed by atoms with E-state index in [1.165, 1.54) is 22.3 Å². The summed E-state index contributed by atoms with van der Waals surface area (Å²) in [7, 11) is 0. The standard InChI is InChI=1S/C20H23N5O4S/c1-2-28-14-7-5-13(6-8-14)19-22-16-10-17(26)24-25(16)20(23-19)30-12-18(27)21-11-15-4-3-9-29-15/h5-8,10,15H,2-4,9,11-12H2,1H3,(H,21,27)(H,24,26)/t15-/m1/s1. The highest BCUT2D eigenvalue weighted by molar-refractivity contribution is 7.99. The van der Waals surface area contributed by atoms with E-state index in [9.17, 15) is 9.59 Å². The Morgan fingerprint density at radius 3 is 2.93 bits per heavy atom. The van der Waals surface area contributed by atoms with E-state index in [4.69, 9.17) is 9.47 Å². The van der Waals surface area contributed by atoms with Crippen LogP contribution in [0.2, 0.25) is 0 Å². The predicted octanol–water partition coefficient (Wildman–Crippen LogP) is 1.87. The number of thioether (sulfide) groups is 1. The van der Waals surface area contributed by atoms with Crippen molar-refractivity contribution < 1.29 is 14.3 Å². The number of nitrogens with one attached hydrogen (secondary N) is 2. The van der Waals surface area contributed by atoms with Gasteiger partial charge in [-0.15, -0.1) is 0 Å². The van der Waals surface area contributed by atoms with Gasteiger partial charge in [-0.3, -0.25) is 14.7 Å². The third-order valence-corrected chi connectivity index (χ3v) is 5.57. The van der Waals surface area contributed by atoms with Gasteiger partial charge < -0.3 is 14.8 Å². The fourth-order valence-corrected chi connectivity index (χ4v) is 3.97. The smallest absolute Gasteiger partial charge is 0.266 e. The van der Waals surface area contributed by atoms with Crippen molar-refractivity contribution in [1.82, 2.24) is 24.9 Å². The van der Waals surface area contributed by atoms with Gasteiger partial charge in [0, 0.05) is 24.8 Å². The lowest BCUT2D eigenvalue weighted by Crippen LogP contribution is -2.33. The Morgan fingerprint density at radius 1 is 1.37 bits per heavy atom. The largest absolute Gasteiger partial charge is 0.494 e. The minimum atomic E-state index is -0.280. The molecule has 0 spiro atoms. The van der Waals surface area contributed by atoms with E-state index < -0.39 is 0 Å². The number of aromatic amines is 1. The Balaban J connectivity index is 1.51. The van der Waals surface area contributed by atoms with Crippen molar-refractivity contribution in [2.45, 2.75) is 31.0 Å². The normalized spacial score (nSPS) is 16.1. The highest BCUT2D eigenvalue weighted by atomic mass is 32.2. The topological polar surface area (TPSA) is 111 Å². The second kappa shape index (κ2) is 9.31. The van der Waals surface area contributed by atoms with E-state index in [2.05, 4.69) is 20.4 Å². The SMILES string of the molecule is CCOc1ccc(-c2nc(SCC(=O)NC[C@H]3CCCO3)n3[nH]c(=O)cc3n2)cc1. The number of rotatable bonds is 8. The average molecular weight is 430 g/mol. The molecule has 4 rings (SSSR count). The van der Waals surface area contributed by atoms with Crippen molar-refractivity contribution >= 4 is 23.3 Å². The van der Waals surface area contributed by atoms with E-state index >= 15 is 0 Å². The van der Waals surface area contributed by atoms with Gasteiger partial charge in [-0.2, -0.15) is 0 Å². The van der Waals surface area contributed by atoms with Crippen molar-refractivity contribution in [3.8, 4) is 17.1 Å². The molecule has 0 bridgehead atoms. The number of carbonyl (C=O) groups is 1. The summed E-state index contributed by atoms with van der Waals surface area (Å²) < 4.78 is 12.5. The van der Waals surface area contributed by atoms with E-state index in [1.54, 1.807) is 0 Å². The van der Waals surface area contributed by atoms with E-state index in [-0.39, 0.29) is 23.3 Å². The number of fused-ring (bicyclic) bond motifs is 1. The van der Waals surface area contributed by atoms with Crippen LogP contribution < -0.4 is 15.6 Å². The Bertz CT molecular complexity index is 1070. The summed E-state index contributed by atoms with van der Waals surface area (Å²) in [6.07, 6.45) is 2.09. The fraction of sp³-hybridized carbons (Fsp3) is 0.400. The maximum absolute atomic E-state index is 12.2. The van der Waals surface area contributed by atoms with Crippen LogP contribution in [-0.2, 0) is 9.53 Å². The van der Waals surface area contributed by atoms with Crippen LogP contribution in [0.3, 0.4) is 0 Å². The van der Waals surface area contributed by atoms with Gasteiger partial charge >= 0.3 is 0 Å². The molecule has 0 aliphatic carbocycles. The molecule has 3 aromatic rings. The number of H-pyrrole nitrogens is 1. The molecule has 10 heteroatoms. The van der Waals surface area contributed by atoms with Crippen LogP contribution >= 0.6 is 11.8 Å². The molecule has 1 amide bonds. The van der Waals surface area contributed by atoms with E-state index in [1.807, 2.05) is 31.2 Å². The minimum absolute atomic E-state index is 0.0942. The summed E-state index contributed by atoms with van der Waals surface area (Å²) >= 11 is 1.24. The molecular weight excluding hydrogens is 406 g/mol. The predicted molar refractivity (Wildman–Crippen MR) is 113 cm³/mol. The van der Waals surface area contributed by atoms with Gasteiger partial charge in [0.1, 0.15) is 5.75 Å². The minimum Gasteiger partial charge on any atom is -0.494 e. The van der Waals surface area contributed by atoms with Crippen LogP contribution in [0.4, 0.5) is 0 Å². The molecule has 1 aliphatic heterocycles. The lowest BCUT2D eigenvalue weighted by molar-refractivity contribution is -0.119. The molecule has 1 fully saturated rings. The third-order valence-electron chi connectivity index (χ3n) is 4.63. The van der Waals surface area contributed by atoms with Crippen LogP contribution in [0.25, 0.3) is 17.0 Å².